The zero-order valence-corrected chi connectivity index (χ0v) is 12.6. The van der Waals surface area contributed by atoms with Crippen LogP contribution in [0.4, 0.5) is 5.69 Å². The van der Waals surface area contributed by atoms with Gasteiger partial charge < -0.3 is 5.11 Å². The molecule has 1 N–H and O–H groups in total. The van der Waals surface area contributed by atoms with Crippen molar-refractivity contribution in [3.8, 4) is 11.4 Å². The van der Waals surface area contributed by atoms with E-state index < -0.39 is 4.92 Å². The third-order valence-electron chi connectivity index (χ3n) is 3.08. The maximum atomic E-state index is 10.7. The van der Waals surface area contributed by atoms with Crippen LogP contribution in [0.25, 0.3) is 5.69 Å². The first kappa shape index (κ1) is 15.0. The van der Waals surface area contributed by atoms with E-state index in [9.17, 15) is 15.2 Å². The van der Waals surface area contributed by atoms with Gasteiger partial charge in [0.1, 0.15) is 5.75 Å². The number of phenolic OH excluding ortho intramolecular Hbond substituents is 1. The summed E-state index contributed by atoms with van der Waals surface area (Å²) in [7, 11) is 0. The van der Waals surface area contributed by atoms with E-state index >= 15 is 0 Å². The summed E-state index contributed by atoms with van der Waals surface area (Å²) < 4.78 is 1.59. The molecular formula is C14H11N5O3S. The topological polar surface area (TPSA) is 107 Å². The van der Waals surface area contributed by atoms with Gasteiger partial charge in [-0.2, -0.15) is 4.68 Å². The molecule has 0 saturated carbocycles. The fourth-order valence-electron chi connectivity index (χ4n) is 1.93. The van der Waals surface area contributed by atoms with Crippen LogP contribution in [0.1, 0.15) is 5.56 Å². The van der Waals surface area contributed by atoms with Crippen LogP contribution in [0.15, 0.2) is 53.7 Å². The predicted molar refractivity (Wildman–Crippen MR) is 83.5 cm³/mol. The second-order valence-corrected chi connectivity index (χ2v) is 5.51. The molecule has 9 heteroatoms. The van der Waals surface area contributed by atoms with Gasteiger partial charge >= 0.3 is 0 Å². The van der Waals surface area contributed by atoms with Crippen molar-refractivity contribution in [3.63, 3.8) is 0 Å². The Morgan fingerprint density at radius 2 is 2.00 bits per heavy atom. The van der Waals surface area contributed by atoms with E-state index in [2.05, 4.69) is 15.5 Å². The number of hydrogen-bond acceptors (Lipinski definition) is 7. The number of nitrogens with zero attached hydrogens (tertiary/aromatic N) is 5. The Morgan fingerprint density at radius 3 is 2.70 bits per heavy atom. The molecular weight excluding hydrogens is 318 g/mol. The summed E-state index contributed by atoms with van der Waals surface area (Å²) in [5, 5.41) is 32.7. The molecule has 0 bridgehead atoms. The van der Waals surface area contributed by atoms with Crippen LogP contribution in [-0.4, -0.2) is 30.2 Å². The largest absolute Gasteiger partial charge is 0.507 e. The van der Waals surface area contributed by atoms with E-state index in [-0.39, 0.29) is 11.4 Å². The van der Waals surface area contributed by atoms with E-state index in [1.54, 1.807) is 4.68 Å². The zero-order valence-electron chi connectivity index (χ0n) is 11.7. The molecule has 1 aromatic heterocycles. The van der Waals surface area contributed by atoms with Gasteiger partial charge in [0.2, 0.25) is 5.16 Å². The Hall–Kier alpha value is -2.94. The minimum Gasteiger partial charge on any atom is -0.507 e. The number of benzene rings is 2. The van der Waals surface area contributed by atoms with Crippen molar-refractivity contribution in [2.24, 2.45) is 0 Å². The van der Waals surface area contributed by atoms with Gasteiger partial charge in [0.15, 0.2) is 0 Å². The van der Waals surface area contributed by atoms with Gasteiger partial charge in [-0.3, -0.25) is 10.1 Å². The fraction of sp³-hybridized carbons (Fsp3) is 0.0714. The lowest BCUT2D eigenvalue weighted by molar-refractivity contribution is -0.384. The average molecular weight is 329 g/mol. The van der Waals surface area contributed by atoms with Crippen molar-refractivity contribution < 1.29 is 10.0 Å². The Kier molecular flexibility index (Phi) is 4.20. The molecule has 0 saturated heterocycles. The molecule has 116 valence electrons. The highest BCUT2D eigenvalue weighted by Gasteiger charge is 2.13. The van der Waals surface area contributed by atoms with E-state index in [4.69, 9.17) is 0 Å². The SMILES string of the molecule is O=[N+]([O-])c1ccc(CSc2nnnn2-c2ccccc2)c(O)c1. The van der Waals surface area contributed by atoms with Crippen molar-refractivity contribution in [1.82, 2.24) is 20.2 Å². The molecule has 3 rings (SSSR count). The summed E-state index contributed by atoms with van der Waals surface area (Å²) in [5.74, 6) is 0.266. The number of nitro benzene ring substituents is 1. The first-order chi connectivity index (χ1) is 11.1. The number of phenols is 1. The second-order valence-electron chi connectivity index (χ2n) is 4.57. The molecule has 23 heavy (non-hydrogen) atoms. The average Bonchev–Trinajstić information content (AvgIpc) is 3.03. The fourth-order valence-corrected chi connectivity index (χ4v) is 2.82. The Morgan fingerprint density at radius 1 is 1.22 bits per heavy atom. The molecule has 0 aliphatic carbocycles. The molecule has 1 heterocycles. The number of thioether (sulfide) groups is 1. The van der Waals surface area contributed by atoms with Crippen molar-refractivity contribution in [1.29, 1.82) is 0 Å². The number of non-ortho nitro benzene ring substituents is 1. The molecule has 0 fully saturated rings. The molecule has 0 radical (unpaired) electrons. The smallest absolute Gasteiger partial charge is 0.273 e. The van der Waals surface area contributed by atoms with Crippen LogP contribution in [-0.2, 0) is 5.75 Å². The molecule has 0 amide bonds. The van der Waals surface area contributed by atoms with Crippen molar-refractivity contribution in [2.75, 3.05) is 0 Å². The predicted octanol–water partition coefficient (Wildman–Crippen LogP) is 2.57. The molecule has 8 nitrogen and oxygen atoms in total. The first-order valence-electron chi connectivity index (χ1n) is 6.58. The highest BCUT2D eigenvalue weighted by molar-refractivity contribution is 7.98. The van der Waals surface area contributed by atoms with Gasteiger partial charge in [-0.1, -0.05) is 30.0 Å². The molecule has 0 aliphatic rings. The van der Waals surface area contributed by atoms with Gasteiger partial charge in [0.05, 0.1) is 16.7 Å². The lowest BCUT2D eigenvalue weighted by atomic mass is 10.2. The molecule has 0 atom stereocenters. The summed E-state index contributed by atoms with van der Waals surface area (Å²) in [6.07, 6.45) is 0. The van der Waals surface area contributed by atoms with Crippen molar-refractivity contribution in [2.45, 2.75) is 10.9 Å². The standard InChI is InChI=1S/C14H11N5O3S/c20-13-8-12(19(21)22)7-6-10(13)9-23-14-15-16-17-18(14)11-4-2-1-3-5-11/h1-8,20H,9H2. The van der Waals surface area contributed by atoms with Crippen LogP contribution in [0, 0.1) is 10.1 Å². The van der Waals surface area contributed by atoms with Crippen LogP contribution in [0.5, 0.6) is 5.75 Å². The maximum absolute atomic E-state index is 10.7. The summed E-state index contributed by atoms with van der Waals surface area (Å²) in [6, 6.07) is 13.4. The van der Waals surface area contributed by atoms with Crippen LogP contribution >= 0.6 is 11.8 Å². The Bertz CT molecular complexity index is 837. The van der Waals surface area contributed by atoms with E-state index in [1.165, 1.54) is 23.9 Å². The molecule has 0 aliphatic heterocycles. The van der Waals surface area contributed by atoms with Gasteiger partial charge in [0, 0.05) is 17.4 Å². The number of tetrazole rings is 1. The third-order valence-corrected chi connectivity index (χ3v) is 4.05. The minimum atomic E-state index is -0.549. The summed E-state index contributed by atoms with van der Waals surface area (Å²) in [4.78, 5) is 10.1. The number of aromatic nitrogens is 4. The van der Waals surface area contributed by atoms with Crippen molar-refractivity contribution in [3.05, 3.63) is 64.2 Å². The molecule has 3 aromatic rings. The highest BCUT2D eigenvalue weighted by atomic mass is 32.2. The summed E-state index contributed by atoms with van der Waals surface area (Å²) in [6.45, 7) is 0. The second kappa shape index (κ2) is 6.44. The van der Waals surface area contributed by atoms with E-state index in [1.807, 2.05) is 30.3 Å². The molecule has 2 aromatic carbocycles. The van der Waals surface area contributed by atoms with Gasteiger partial charge in [0.25, 0.3) is 5.69 Å². The van der Waals surface area contributed by atoms with Crippen molar-refractivity contribution >= 4 is 17.4 Å². The number of aromatic hydroxyl groups is 1. The van der Waals surface area contributed by atoms with Crippen LogP contribution < -0.4 is 0 Å². The van der Waals surface area contributed by atoms with Crippen LogP contribution in [0.2, 0.25) is 0 Å². The van der Waals surface area contributed by atoms with Gasteiger partial charge in [-0.15, -0.1) is 5.10 Å². The van der Waals surface area contributed by atoms with Gasteiger partial charge in [-0.25, -0.2) is 0 Å². The number of hydrogen-bond donors (Lipinski definition) is 1. The summed E-state index contributed by atoms with van der Waals surface area (Å²) >= 11 is 1.33. The molecule has 0 unspecified atom stereocenters. The Labute approximate surface area is 134 Å². The Balaban J connectivity index is 1.77. The lowest BCUT2D eigenvalue weighted by Gasteiger charge is -2.05. The third kappa shape index (κ3) is 3.29. The highest BCUT2D eigenvalue weighted by Crippen LogP contribution is 2.29. The molecule has 0 spiro atoms. The minimum absolute atomic E-state index is 0.120. The van der Waals surface area contributed by atoms with E-state index in [0.717, 1.165) is 11.8 Å². The monoisotopic (exact) mass is 329 g/mol. The summed E-state index contributed by atoms with van der Waals surface area (Å²) in [5.41, 5.74) is 1.25. The number of para-hydroxylation sites is 1. The van der Waals surface area contributed by atoms with Gasteiger partial charge in [-0.05, 0) is 28.6 Å². The van der Waals surface area contributed by atoms with E-state index in [0.29, 0.717) is 16.5 Å². The van der Waals surface area contributed by atoms with Crippen LogP contribution in [0.3, 0.4) is 0 Å². The quantitative estimate of drug-likeness (QED) is 0.435. The maximum Gasteiger partial charge on any atom is 0.273 e. The normalized spacial score (nSPS) is 10.6. The number of nitro groups is 1. The first-order valence-corrected chi connectivity index (χ1v) is 7.56. The lowest BCUT2D eigenvalue weighted by Crippen LogP contribution is -1.98. The zero-order chi connectivity index (χ0) is 16.2. The number of rotatable bonds is 5.